The zero-order valence-electron chi connectivity index (χ0n) is 11.1. The van der Waals surface area contributed by atoms with Gasteiger partial charge in [0.15, 0.2) is 0 Å². The second-order valence-electron chi connectivity index (χ2n) is 4.42. The molecule has 2 aromatic rings. The van der Waals surface area contributed by atoms with Crippen molar-refractivity contribution < 1.29 is 5.11 Å². The highest BCUT2D eigenvalue weighted by Crippen LogP contribution is 2.09. The molecule has 2 heterocycles. The zero-order chi connectivity index (χ0) is 14.4. The summed E-state index contributed by atoms with van der Waals surface area (Å²) >= 11 is 5.86. The number of rotatable bonds is 7. The van der Waals surface area contributed by atoms with Crippen LogP contribution in [-0.2, 0) is 0 Å². The summed E-state index contributed by atoms with van der Waals surface area (Å²) in [6.07, 6.45) is 4.71. The summed E-state index contributed by atoms with van der Waals surface area (Å²) in [6, 6.07) is 0. The molecule has 20 heavy (non-hydrogen) atoms. The van der Waals surface area contributed by atoms with Gasteiger partial charge >= 0.3 is 0 Å². The normalized spacial score (nSPS) is 12.3. The van der Waals surface area contributed by atoms with Crippen LogP contribution in [0.4, 0.5) is 5.95 Å². The third kappa shape index (κ3) is 4.10. The first kappa shape index (κ1) is 14.6. The molecule has 0 fully saturated rings. The molecule has 1 unspecified atom stereocenters. The molecule has 0 aliphatic rings. The van der Waals surface area contributed by atoms with Gasteiger partial charge in [-0.2, -0.15) is 24.7 Å². The highest BCUT2D eigenvalue weighted by atomic mass is 35.5. The Kier molecular flexibility index (Phi) is 5.19. The highest BCUT2D eigenvalue weighted by Gasteiger charge is 2.07. The van der Waals surface area contributed by atoms with E-state index in [1.807, 2.05) is 6.92 Å². The topological polar surface area (TPSA) is 102 Å². The number of halogens is 1. The summed E-state index contributed by atoms with van der Waals surface area (Å²) in [6.45, 7) is 2.90. The molecule has 9 heteroatoms. The monoisotopic (exact) mass is 297 g/mol. The predicted octanol–water partition coefficient (Wildman–Crippen LogP) is 0.926. The number of nitrogens with one attached hydrogen (secondary N) is 1. The van der Waals surface area contributed by atoms with E-state index in [0.29, 0.717) is 24.4 Å². The molecule has 108 valence electrons. The van der Waals surface area contributed by atoms with Crippen molar-refractivity contribution in [3.63, 3.8) is 0 Å². The van der Waals surface area contributed by atoms with Gasteiger partial charge in [-0.25, -0.2) is 4.98 Å². The lowest BCUT2D eigenvalue weighted by molar-refractivity contribution is 0.229. The van der Waals surface area contributed by atoms with E-state index in [-0.39, 0.29) is 11.9 Å². The molecule has 1 atom stereocenters. The van der Waals surface area contributed by atoms with Gasteiger partial charge in [0.25, 0.3) is 5.95 Å². The fourth-order valence-corrected chi connectivity index (χ4v) is 1.73. The molecular weight excluding hydrogens is 282 g/mol. The summed E-state index contributed by atoms with van der Waals surface area (Å²) in [7, 11) is 0. The smallest absolute Gasteiger partial charge is 0.258 e. The van der Waals surface area contributed by atoms with E-state index >= 15 is 0 Å². The quantitative estimate of drug-likeness (QED) is 0.733. The molecule has 0 amide bonds. The van der Waals surface area contributed by atoms with Gasteiger partial charge in [-0.3, -0.25) is 0 Å². The largest absolute Gasteiger partial charge is 0.396 e. The van der Waals surface area contributed by atoms with E-state index < -0.39 is 0 Å². The van der Waals surface area contributed by atoms with E-state index in [1.54, 1.807) is 0 Å². The van der Waals surface area contributed by atoms with E-state index in [2.05, 4.69) is 30.4 Å². The maximum atomic E-state index is 8.94. The van der Waals surface area contributed by atoms with Gasteiger partial charge in [-0.15, -0.1) is 0 Å². The van der Waals surface area contributed by atoms with Crippen LogP contribution in [0.5, 0.6) is 0 Å². The molecule has 2 aromatic heterocycles. The third-order valence-corrected chi connectivity index (χ3v) is 2.86. The summed E-state index contributed by atoms with van der Waals surface area (Å²) < 4.78 is 1.41. The van der Waals surface area contributed by atoms with Crippen LogP contribution >= 0.6 is 11.6 Å². The molecule has 0 bridgehead atoms. The number of nitrogens with zero attached hydrogens (tertiary/aromatic N) is 6. The first-order valence-corrected chi connectivity index (χ1v) is 6.68. The number of aliphatic hydroxyl groups is 1. The number of hydrogen-bond acceptors (Lipinski definition) is 7. The van der Waals surface area contributed by atoms with Gasteiger partial charge in [-0.1, -0.05) is 6.92 Å². The molecule has 0 aliphatic heterocycles. The first-order valence-electron chi connectivity index (χ1n) is 6.30. The number of anilines is 1. The van der Waals surface area contributed by atoms with Crippen LogP contribution < -0.4 is 5.32 Å². The molecule has 2 rings (SSSR count). The predicted molar refractivity (Wildman–Crippen MR) is 73.7 cm³/mol. The van der Waals surface area contributed by atoms with Crippen molar-refractivity contribution >= 4 is 17.5 Å². The maximum absolute atomic E-state index is 8.94. The van der Waals surface area contributed by atoms with Gasteiger partial charge in [0, 0.05) is 13.2 Å². The minimum Gasteiger partial charge on any atom is -0.396 e. The number of aromatic nitrogens is 6. The Morgan fingerprint density at radius 1 is 1.40 bits per heavy atom. The van der Waals surface area contributed by atoms with Crippen molar-refractivity contribution in [3.8, 4) is 5.95 Å². The Balaban J connectivity index is 1.95. The van der Waals surface area contributed by atoms with Gasteiger partial charge < -0.3 is 10.4 Å². The van der Waals surface area contributed by atoms with Crippen molar-refractivity contribution in [2.24, 2.45) is 5.92 Å². The van der Waals surface area contributed by atoms with Gasteiger partial charge in [0.1, 0.15) is 12.7 Å². The lowest BCUT2D eigenvalue weighted by atomic mass is 10.1. The van der Waals surface area contributed by atoms with Crippen molar-refractivity contribution in [3.05, 3.63) is 17.9 Å². The average molecular weight is 298 g/mol. The molecule has 8 nitrogen and oxygen atoms in total. The second kappa shape index (κ2) is 7.11. The summed E-state index contributed by atoms with van der Waals surface area (Å²) in [5.74, 6) is 1.00. The number of hydrogen-bond donors (Lipinski definition) is 2. The SMILES string of the molecule is CC(CO)CCCNc1nc(Cl)nc(-n2cncn2)n1. The van der Waals surface area contributed by atoms with Crippen LogP contribution in [0.15, 0.2) is 12.7 Å². The Morgan fingerprint density at radius 3 is 2.95 bits per heavy atom. The zero-order valence-corrected chi connectivity index (χ0v) is 11.8. The Bertz CT molecular complexity index is 534. The molecule has 0 spiro atoms. The van der Waals surface area contributed by atoms with Crippen LogP contribution in [0.3, 0.4) is 0 Å². The number of aliphatic hydroxyl groups excluding tert-OH is 1. The molecule has 0 radical (unpaired) electrons. The van der Waals surface area contributed by atoms with Crippen LogP contribution in [-0.4, -0.2) is 48.0 Å². The van der Waals surface area contributed by atoms with Crippen molar-refractivity contribution in [2.75, 3.05) is 18.5 Å². The van der Waals surface area contributed by atoms with Gasteiger partial charge in [0.2, 0.25) is 11.2 Å². The maximum Gasteiger partial charge on any atom is 0.258 e. The minimum absolute atomic E-state index is 0.0942. The van der Waals surface area contributed by atoms with Gasteiger partial charge in [0.05, 0.1) is 0 Å². The summed E-state index contributed by atoms with van der Waals surface area (Å²) in [4.78, 5) is 16.0. The van der Waals surface area contributed by atoms with Crippen molar-refractivity contribution in [2.45, 2.75) is 19.8 Å². The van der Waals surface area contributed by atoms with Crippen LogP contribution in [0.1, 0.15) is 19.8 Å². The van der Waals surface area contributed by atoms with Crippen molar-refractivity contribution in [1.82, 2.24) is 29.7 Å². The molecule has 0 aromatic carbocycles. The molecule has 0 saturated carbocycles. The fourth-order valence-electron chi connectivity index (χ4n) is 1.57. The summed E-state index contributed by atoms with van der Waals surface area (Å²) in [5, 5.41) is 16.1. The van der Waals surface area contributed by atoms with E-state index in [9.17, 15) is 0 Å². The second-order valence-corrected chi connectivity index (χ2v) is 4.76. The Hall–Kier alpha value is -1.80. The Morgan fingerprint density at radius 2 is 2.25 bits per heavy atom. The highest BCUT2D eigenvalue weighted by molar-refractivity contribution is 6.28. The molecule has 0 saturated heterocycles. The van der Waals surface area contributed by atoms with Crippen LogP contribution in [0.25, 0.3) is 5.95 Å². The van der Waals surface area contributed by atoms with Crippen LogP contribution in [0, 0.1) is 5.92 Å². The molecule has 2 N–H and O–H groups in total. The minimum atomic E-state index is 0.0942. The van der Waals surface area contributed by atoms with Gasteiger partial charge in [-0.05, 0) is 30.4 Å². The standard InChI is InChI=1S/C11H16ClN7O/c1-8(5-20)3-2-4-14-10-16-9(12)17-11(18-10)19-7-13-6-15-19/h6-8,20H,2-5H2,1H3,(H,14,16,17,18). The molecule has 0 aliphatic carbocycles. The molecular formula is C11H16ClN7O. The van der Waals surface area contributed by atoms with Crippen LogP contribution in [0.2, 0.25) is 5.28 Å². The fraction of sp³-hybridized carbons (Fsp3) is 0.545. The third-order valence-electron chi connectivity index (χ3n) is 2.69. The van der Waals surface area contributed by atoms with E-state index in [0.717, 1.165) is 12.8 Å². The first-order chi connectivity index (χ1) is 9.69. The van der Waals surface area contributed by atoms with E-state index in [4.69, 9.17) is 16.7 Å². The Labute approximate surface area is 121 Å². The average Bonchev–Trinajstić information content (AvgIpc) is 2.97. The van der Waals surface area contributed by atoms with E-state index in [1.165, 1.54) is 17.3 Å². The lowest BCUT2D eigenvalue weighted by Crippen LogP contribution is -2.11. The van der Waals surface area contributed by atoms with Crippen molar-refractivity contribution in [1.29, 1.82) is 0 Å². The summed E-state index contributed by atoms with van der Waals surface area (Å²) in [5.41, 5.74) is 0. The lowest BCUT2D eigenvalue weighted by Gasteiger charge is -2.09.